The number of aliphatic hydroxyl groups excluding tert-OH is 2. The first-order valence-electron chi connectivity index (χ1n) is 7.59. The van der Waals surface area contributed by atoms with E-state index in [-0.39, 0.29) is 17.8 Å². The van der Waals surface area contributed by atoms with Crippen LogP contribution in [0.1, 0.15) is 19.8 Å². The molecule has 2 aliphatic rings. The van der Waals surface area contributed by atoms with Gasteiger partial charge in [-0.1, -0.05) is 12.7 Å². The van der Waals surface area contributed by atoms with E-state index in [9.17, 15) is 24.6 Å². The van der Waals surface area contributed by atoms with E-state index in [0.29, 0.717) is 24.7 Å². The van der Waals surface area contributed by atoms with Crippen LogP contribution < -0.4 is 0 Å². The van der Waals surface area contributed by atoms with Crippen molar-refractivity contribution in [1.82, 2.24) is 0 Å². The highest BCUT2D eigenvalue weighted by Gasteiger charge is 2.46. The van der Waals surface area contributed by atoms with Crippen LogP contribution in [0.25, 0.3) is 0 Å². The molecule has 0 saturated carbocycles. The van der Waals surface area contributed by atoms with Crippen LogP contribution >= 0.6 is 0 Å². The Morgan fingerprint density at radius 3 is 2.83 bits per heavy atom. The minimum atomic E-state index is -1.39. The second kappa shape index (κ2) is 7.55. The summed E-state index contributed by atoms with van der Waals surface area (Å²) in [5.41, 5.74) is 0.749. The Bertz CT molecular complexity index is 616. The van der Waals surface area contributed by atoms with Crippen LogP contribution in [0.2, 0.25) is 0 Å². The van der Waals surface area contributed by atoms with E-state index in [1.807, 2.05) is 0 Å². The number of carbonyl (C=O) groups is 3. The highest BCUT2D eigenvalue weighted by atomic mass is 16.6. The van der Waals surface area contributed by atoms with Crippen LogP contribution in [0.4, 0.5) is 0 Å². The predicted octanol–water partition coefficient (Wildman–Crippen LogP) is 0.215. The highest BCUT2D eigenvalue weighted by molar-refractivity contribution is 5.91. The van der Waals surface area contributed by atoms with Crippen molar-refractivity contribution >= 4 is 18.2 Å². The molecule has 0 aromatic rings. The predicted molar refractivity (Wildman–Crippen MR) is 82.6 cm³/mol. The lowest BCUT2D eigenvalue weighted by Gasteiger charge is -2.29. The molecule has 0 radical (unpaired) electrons. The van der Waals surface area contributed by atoms with Gasteiger partial charge in [0, 0.05) is 18.1 Å². The molecule has 0 amide bonds. The van der Waals surface area contributed by atoms with Crippen LogP contribution in [0.5, 0.6) is 0 Å². The maximum atomic E-state index is 11.8. The molecular formula is C17H20O7. The zero-order valence-corrected chi connectivity index (χ0v) is 13.3. The fraction of sp³-hybridized carbons (Fsp3) is 0.471. The number of fused-ring (bicyclic) bond motifs is 1. The fourth-order valence-electron chi connectivity index (χ4n) is 2.95. The molecule has 130 valence electrons. The Morgan fingerprint density at radius 1 is 1.54 bits per heavy atom. The molecule has 1 saturated heterocycles. The first-order chi connectivity index (χ1) is 11.4. The van der Waals surface area contributed by atoms with Gasteiger partial charge in [-0.05, 0) is 24.5 Å². The molecule has 0 aromatic heterocycles. The van der Waals surface area contributed by atoms with Crippen molar-refractivity contribution < 1.29 is 34.1 Å². The number of hydrogen-bond acceptors (Lipinski definition) is 7. The largest absolute Gasteiger partial charge is 0.455 e. The van der Waals surface area contributed by atoms with Crippen LogP contribution in [-0.4, -0.2) is 53.4 Å². The number of carbonyl (C=O) groups excluding carboxylic acids is 3. The Hall–Kier alpha value is -2.25. The fourth-order valence-corrected chi connectivity index (χ4v) is 2.95. The van der Waals surface area contributed by atoms with Gasteiger partial charge < -0.3 is 19.7 Å². The molecule has 1 heterocycles. The molecule has 24 heavy (non-hydrogen) atoms. The van der Waals surface area contributed by atoms with E-state index in [4.69, 9.17) is 9.47 Å². The average molecular weight is 336 g/mol. The molecule has 7 heteroatoms. The van der Waals surface area contributed by atoms with Gasteiger partial charge in [0.1, 0.15) is 18.5 Å². The number of rotatable bonds is 3. The number of hydrogen-bond donors (Lipinski definition) is 2. The zero-order chi connectivity index (χ0) is 17.9. The summed E-state index contributed by atoms with van der Waals surface area (Å²) in [6.07, 6.45) is 1.03. The lowest BCUT2D eigenvalue weighted by Crippen LogP contribution is -2.42. The Balaban J connectivity index is 2.49. The Labute approximate surface area is 139 Å². The van der Waals surface area contributed by atoms with Crippen LogP contribution in [0, 0.1) is 5.92 Å². The standard InChI is InChI=1S/C17H20O7/c1-9-14-13(24-17(9)22)6-11(7-18)4-3-5-12(8-19)16(15(14)21)23-10(2)20/h5-6,8,13-16,18,21H,1,3-4,7H2,2H3/b11-6-,12-5-/t13-,14+,15+,16+/m1/s1. The number of allylic oxidation sites excluding steroid dienone is 1. The molecule has 0 bridgehead atoms. The number of aldehydes is 1. The van der Waals surface area contributed by atoms with Crippen molar-refractivity contribution in [2.75, 3.05) is 6.61 Å². The number of ether oxygens (including phenoxy) is 2. The summed E-state index contributed by atoms with van der Waals surface area (Å²) in [5, 5.41) is 20.1. The normalized spacial score (nSPS) is 35.0. The summed E-state index contributed by atoms with van der Waals surface area (Å²) in [5.74, 6) is -2.22. The highest BCUT2D eigenvalue weighted by Crippen LogP contribution is 2.35. The topological polar surface area (TPSA) is 110 Å². The number of aliphatic hydroxyl groups is 2. The van der Waals surface area contributed by atoms with Crippen molar-refractivity contribution in [3.8, 4) is 0 Å². The van der Waals surface area contributed by atoms with Gasteiger partial charge in [0.25, 0.3) is 0 Å². The quantitative estimate of drug-likeness (QED) is 0.328. The molecule has 7 nitrogen and oxygen atoms in total. The monoisotopic (exact) mass is 336 g/mol. The van der Waals surface area contributed by atoms with E-state index >= 15 is 0 Å². The maximum absolute atomic E-state index is 11.8. The molecule has 4 atom stereocenters. The number of esters is 2. The SMILES string of the molecule is C=C1C(=O)O[C@@H]2/C=C(\CO)CC/C=C(/C=O)[C@H](OC(C)=O)[C@@H](O)[C@@H]12. The average Bonchev–Trinajstić information content (AvgIpc) is 2.81. The van der Waals surface area contributed by atoms with Crippen molar-refractivity contribution in [2.24, 2.45) is 5.92 Å². The second-order valence-corrected chi connectivity index (χ2v) is 5.79. The smallest absolute Gasteiger partial charge is 0.334 e. The van der Waals surface area contributed by atoms with Crippen LogP contribution in [0.3, 0.4) is 0 Å². The molecule has 1 aliphatic carbocycles. The Morgan fingerprint density at radius 2 is 2.25 bits per heavy atom. The van der Waals surface area contributed by atoms with Crippen molar-refractivity contribution in [3.05, 3.63) is 35.5 Å². The molecule has 1 aliphatic heterocycles. The van der Waals surface area contributed by atoms with Crippen molar-refractivity contribution in [2.45, 2.75) is 38.1 Å². The van der Waals surface area contributed by atoms with Gasteiger partial charge in [-0.2, -0.15) is 0 Å². The third kappa shape index (κ3) is 3.63. The molecule has 0 aromatic carbocycles. The maximum Gasteiger partial charge on any atom is 0.334 e. The second-order valence-electron chi connectivity index (χ2n) is 5.79. The third-order valence-electron chi connectivity index (χ3n) is 4.15. The van der Waals surface area contributed by atoms with Gasteiger partial charge in [0.15, 0.2) is 6.10 Å². The van der Waals surface area contributed by atoms with Crippen molar-refractivity contribution in [1.29, 1.82) is 0 Å². The zero-order valence-electron chi connectivity index (χ0n) is 13.3. The molecule has 2 rings (SSSR count). The summed E-state index contributed by atoms with van der Waals surface area (Å²) in [4.78, 5) is 34.6. The third-order valence-corrected chi connectivity index (χ3v) is 4.15. The lowest BCUT2D eigenvalue weighted by atomic mass is 9.84. The van der Waals surface area contributed by atoms with Crippen LogP contribution in [-0.2, 0) is 23.9 Å². The van der Waals surface area contributed by atoms with Gasteiger partial charge in [0.05, 0.1) is 12.5 Å². The molecule has 1 fully saturated rings. The van der Waals surface area contributed by atoms with E-state index in [1.54, 1.807) is 12.2 Å². The molecule has 0 unspecified atom stereocenters. The summed E-state index contributed by atoms with van der Waals surface area (Å²) < 4.78 is 10.3. The van der Waals surface area contributed by atoms with Gasteiger partial charge in [-0.15, -0.1) is 0 Å². The van der Waals surface area contributed by atoms with Crippen molar-refractivity contribution in [3.63, 3.8) is 0 Å². The van der Waals surface area contributed by atoms with E-state index in [2.05, 4.69) is 6.58 Å². The minimum absolute atomic E-state index is 0.0315. The molecular weight excluding hydrogens is 316 g/mol. The summed E-state index contributed by atoms with van der Waals surface area (Å²) in [6, 6.07) is 0. The van der Waals surface area contributed by atoms with E-state index in [1.165, 1.54) is 6.92 Å². The van der Waals surface area contributed by atoms with Gasteiger partial charge in [0.2, 0.25) is 0 Å². The van der Waals surface area contributed by atoms with E-state index < -0.39 is 36.2 Å². The lowest BCUT2D eigenvalue weighted by molar-refractivity contribution is -0.152. The summed E-state index contributed by atoms with van der Waals surface area (Å²) in [7, 11) is 0. The van der Waals surface area contributed by atoms with Gasteiger partial charge >= 0.3 is 11.9 Å². The minimum Gasteiger partial charge on any atom is -0.455 e. The summed E-state index contributed by atoms with van der Waals surface area (Å²) in [6.45, 7) is 4.57. The first kappa shape index (κ1) is 18.1. The first-order valence-corrected chi connectivity index (χ1v) is 7.59. The van der Waals surface area contributed by atoms with Crippen LogP contribution in [0.15, 0.2) is 35.5 Å². The van der Waals surface area contributed by atoms with Gasteiger partial charge in [-0.3, -0.25) is 9.59 Å². The molecule has 2 N–H and O–H groups in total. The van der Waals surface area contributed by atoms with E-state index in [0.717, 1.165) is 0 Å². The summed E-state index contributed by atoms with van der Waals surface area (Å²) >= 11 is 0. The molecule has 0 spiro atoms. The Kier molecular flexibility index (Phi) is 5.69. The van der Waals surface area contributed by atoms with Gasteiger partial charge in [-0.25, -0.2) is 4.79 Å².